The molecule has 1 aromatic rings. The lowest BCUT2D eigenvalue weighted by Crippen LogP contribution is -2.58. The normalized spacial score (nSPS) is 19.9. The molecule has 5 nitrogen and oxygen atoms in total. The van der Waals surface area contributed by atoms with Crippen LogP contribution in [0, 0.1) is 0 Å². The summed E-state index contributed by atoms with van der Waals surface area (Å²) in [7, 11) is 0. The van der Waals surface area contributed by atoms with Crippen molar-refractivity contribution in [3.8, 4) is 0 Å². The van der Waals surface area contributed by atoms with Crippen molar-refractivity contribution in [3.05, 3.63) is 19.2 Å². The van der Waals surface area contributed by atoms with Crippen molar-refractivity contribution in [2.45, 2.75) is 6.04 Å². The maximum atomic E-state index is 12.3. The van der Waals surface area contributed by atoms with Crippen LogP contribution in [0.15, 0.2) is 14.3 Å². The summed E-state index contributed by atoms with van der Waals surface area (Å²) in [6.45, 7) is 1.57. The lowest BCUT2D eigenvalue weighted by molar-refractivity contribution is -0.122. The van der Waals surface area contributed by atoms with E-state index in [4.69, 9.17) is 5.73 Å². The number of hydrogen-bond donors (Lipinski definition) is 2. The molecule has 1 aliphatic rings. The second-order valence-corrected chi connectivity index (χ2v) is 7.08. The number of thiophene rings is 1. The number of primary amides is 1. The van der Waals surface area contributed by atoms with Crippen LogP contribution in [0.3, 0.4) is 0 Å². The summed E-state index contributed by atoms with van der Waals surface area (Å²) < 4.78 is 1.69. The second kappa shape index (κ2) is 5.68. The molecule has 0 aliphatic carbocycles. The van der Waals surface area contributed by atoms with E-state index >= 15 is 0 Å². The van der Waals surface area contributed by atoms with Crippen LogP contribution in [-0.4, -0.2) is 42.4 Å². The third-order valence-electron chi connectivity index (χ3n) is 2.69. The van der Waals surface area contributed by atoms with Crippen LogP contribution in [0.25, 0.3) is 0 Å². The number of carbonyl (C=O) groups is 2. The van der Waals surface area contributed by atoms with Gasteiger partial charge in [-0.2, -0.15) is 0 Å². The Bertz CT molecular complexity index is 472. The second-order valence-electron chi connectivity index (χ2n) is 3.85. The first-order valence-corrected chi connectivity index (χ1v) is 7.67. The highest BCUT2D eigenvalue weighted by Crippen LogP contribution is 2.33. The van der Waals surface area contributed by atoms with E-state index in [0.29, 0.717) is 24.5 Å². The topological polar surface area (TPSA) is 75.4 Å². The maximum absolute atomic E-state index is 12.3. The van der Waals surface area contributed by atoms with Gasteiger partial charge in [-0.15, -0.1) is 11.3 Å². The fourth-order valence-electron chi connectivity index (χ4n) is 1.80. The molecule has 1 atom stereocenters. The van der Waals surface area contributed by atoms with Gasteiger partial charge in [0.2, 0.25) is 5.91 Å². The van der Waals surface area contributed by atoms with E-state index in [-0.39, 0.29) is 5.91 Å². The minimum Gasteiger partial charge on any atom is -0.368 e. The van der Waals surface area contributed by atoms with Crippen molar-refractivity contribution >= 4 is 55.0 Å². The quantitative estimate of drug-likeness (QED) is 0.787. The van der Waals surface area contributed by atoms with Gasteiger partial charge >= 0.3 is 0 Å². The largest absolute Gasteiger partial charge is 0.368 e. The van der Waals surface area contributed by atoms with E-state index in [9.17, 15) is 9.59 Å². The Hall–Kier alpha value is -0.440. The SMILES string of the molecule is NC(=O)C1CNCCN1C(=O)c1cc(Br)c(Br)s1. The van der Waals surface area contributed by atoms with Gasteiger partial charge in [-0.25, -0.2) is 0 Å². The number of nitrogens with zero attached hydrogens (tertiary/aromatic N) is 1. The molecule has 2 heterocycles. The summed E-state index contributed by atoms with van der Waals surface area (Å²) in [5.74, 6) is -0.637. The molecule has 18 heavy (non-hydrogen) atoms. The maximum Gasteiger partial charge on any atom is 0.264 e. The number of nitrogens with two attached hydrogens (primary N) is 1. The zero-order chi connectivity index (χ0) is 13.3. The predicted molar refractivity (Wildman–Crippen MR) is 76.6 cm³/mol. The predicted octanol–water partition coefficient (Wildman–Crippen LogP) is 1.17. The molecule has 0 spiro atoms. The molecule has 1 saturated heterocycles. The van der Waals surface area contributed by atoms with Gasteiger partial charge in [0.1, 0.15) is 6.04 Å². The van der Waals surface area contributed by atoms with Gasteiger partial charge in [-0.1, -0.05) is 0 Å². The lowest BCUT2D eigenvalue weighted by Gasteiger charge is -2.33. The molecule has 0 bridgehead atoms. The molecule has 1 fully saturated rings. The first kappa shape index (κ1) is 14.0. The molecule has 0 saturated carbocycles. The molecule has 0 aromatic carbocycles. The average molecular weight is 397 g/mol. The van der Waals surface area contributed by atoms with Crippen LogP contribution >= 0.6 is 43.2 Å². The molecule has 2 rings (SSSR count). The molecule has 3 N–H and O–H groups in total. The van der Waals surface area contributed by atoms with Crippen molar-refractivity contribution in [2.75, 3.05) is 19.6 Å². The fourth-order valence-corrected chi connectivity index (χ4v) is 3.79. The van der Waals surface area contributed by atoms with E-state index in [1.165, 1.54) is 16.2 Å². The van der Waals surface area contributed by atoms with Gasteiger partial charge in [-0.05, 0) is 37.9 Å². The number of rotatable bonds is 2. The zero-order valence-corrected chi connectivity index (χ0v) is 13.3. The Labute approximate surface area is 125 Å². The number of halogens is 2. The van der Waals surface area contributed by atoms with Gasteiger partial charge in [0.05, 0.1) is 8.66 Å². The van der Waals surface area contributed by atoms with Gasteiger partial charge in [0.25, 0.3) is 5.91 Å². The Morgan fingerprint density at radius 1 is 1.50 bits per heavy atom. The van der Waals surface area contributed by atoms with Crippen molar-refractivity contribution in [1.29, 1.82) is 0 Å². The van der Waals surface area contributed by atoms with Gasteiger partial charge in [0.15, 0.2) is 0 Å². The molecule has 0 radical (unpaired) electrons. The third-order valence-corrected chi connectivity index (χ3v) is 5.93. The standard InChI is InChI=1S/C10H11Br2N3O2S/c11-5-3-7(18-8(5)12)10(17)15-2-1-14-4-6(15)9(13)16/h3,6,14H,1-2,4H2,(H2,13,16). The molecule has 1 aliphatic heterocycles. The van der Waals surface area contributed by atoms with Crippen molar-refractivity contribution in [3.63, 3.8) is 0 Å². The summed E-state index contributed by atoms with van der Waals surface area (Å²) in [6.07, 6.45) is 0. The van der Waals surface area contributed by atoms with Crippen molar-refractivity contribution in [1.82, 2.24) is 10.2 Å². The van der Waals surface area contributed by atoms with E-state index in [1.807, 2.05) is 0 Å². The average Bonchev–Trinajstić information content (AvgIpc) is 2.68. The Kier molecular flexibility index (Phi) is 4.41. The Balaban J connectivity index is 2.23. The minimum atomic E-state index is -0.578. The zero-order valence-electron chi connectivity index (χ0n) is 9.28. The van der Waals surface area contributed by atoms with Crippen LogP contribution in [0.2, 0.25) is 0 Å². The molecule has 1 unspecified atom stereocenters. The first-order chi connectivity index (χ1) is 8.50. The van der Waals surface area contributed by atoms with Crippen LogP contribution in [0.1, 0.15) is 9.67 Å². The van der Waals surface area contributed by atoms with Crippen LogP contribution in [0.4, 0.5) is 0 Å². The fraction of sp³-hybridized carbons (Fsp3) is 0.400. The molecule has 98 valence electrons. The monoisotopic (exact) mass is 395 g/mol. The molecule has 2 amide bonds. The number of nitrogens with one attached hydrogen (secondary N) is 1. The highest BCUT2D eigenvalue weighted by molar-refractivity contribution is 9.13. The number of amides is 2. The summed E-state index contributed by atoms with van der Waals surface area (Å²) in [6, 6.07) is 1.17. The summed E-state index contributed by atoms with van der Waals surface area (Å²) in [5, 5.41) is 3.06. The molecular weight excluding hydrogens is 386 g/mol. The van der Waals surface area contributed by atoms with Crippen LogP contribution < -0.4 is 11.1 Å². The highest BCUT2D eigenvalue weighted by Gasteiger charge is 2.32. The van der Waals surface area contributed by atoms with E-state index < -0.39 is 11.9 Å². The lowest BCUT2D eigenvalue weighted by atomic mass is 10.1. The van der Waals surface area contributed by atoms with Crippen LogP contribution in [0.5, 0.6) is 0 Å². The summed E-state index contributed by atoms with van der Waals surface area (Å²) in [5.41, 5.74) is 5.32. The van der Waals surface area contributed by atoms with Crippen molar-refractivity contribution < 1.29 is 9.59 Å². The molecular formula is C10H11Br2N3O2S. The first-order valence-electron chi connectivity index (χ1n) is 5.26. The Morgan fingerprint density at radius 2 is 2.22 bits per heavy atom. The van der Waals surface area contributed by atoms with Crippen molar-refractivity contribution in [2.24, 2.45) is 5.73 Å². The van der Waals surface area contributed by atoms with Gasteiger partial charge in [-0.3, -0.25) is 9.59 Å². The number of carbonyl (C=O) groups excluding carboxylic acids is 2. The number of hydrogen-bond acceptors (Lipinski definition) is 4. The van der Waals surface area contributed by atoms with E-state index in [1.54, 1.807) is 6.07 Å². The summed E-state index contributed by atoms with van der Waals surface area (Å²) in [4.78, 5) is 25.8. The number of piperazine rings is 1. The third kappa shape index (κ3) is 2.76. The van der Waals surface area contributed by atoms with E-state index in [2.05, 4.69) is 37.2 Å². The Morgan fingerprint density at radius 3 is 2.78 bits per heavy atom. The smallest absolute Gasteiger partial charge is 0.264 e. The highest BCUT2D eigenvalue weighted by atomic mass is 79.9. The molecule has 8 heteroatoms. The van der Waals surface area contributed by atoms with Crippen LogP contribution in [-0.2, 0) is 4.79 Å². The summed E-state index contributed by atoms with van der Waals surface area (Å²) >= 11 is 8.03. The van der Waals surface area contributed by atoms with Gasteiger partial charge < -0.3 is 16.0 Å². The van der Waals surface area contributed by atoms with Gasteiger partial charge in [0, 0.05) is 24.1 Å². The van der Waals surface area contributed by atoms with E-state index in [0.717, 1.165) is 8.26 Å². The molecule has 1 aromatic heterocycles. The minimum absolute atomic E-state index is 0.156.